The van der Waals surface area contributed by atoms with Crippen molar-refractivity contribution in [3.63, 3.8) is 0 Å². The van der Waals surface area contributed by atoms with Crippen LogP contribution in [0.25, 0.3) is 0 Å². The molecule has 2 fully saturated rings. The molecule has 5 nitrogen and oxygen atoms in total. The minimum atomic E-state index is -0.305. The van der Waals surface area contributed by atoms with E-state index in [1.807, 2.05) is 18.3 Å². The molecule has 2 aromatic rings. The molecular weight excluding hydrogens is 355 g/mol. The van der Waals surface area contributed by atoms with Crippen molar-refractivity contribution in [1.82, 2.24) is 14.8 Å². The van der Waals surface area contributed by atoms with Crippen LogP contribution in [0.2, 0.25) is 0 Å². The van der Waals surface area contributed by atoms with Gasteiger partial charge < -0.3 is 4.90 Å². The van der Waals surface area contributed by atoms with Gasteiger partial charge in [0.15, 0.2) is 5.78 Å². The fraction of sp³-hybridized carbons (Fsp3) is 0.455. The number of aromatic nitrogens is 1. The highest BCUT2D eigenvalue weighted by Gasteiger charge is 2.28. The van der Waals surface area contributed by atoms with Gasteiger partial charge in [-0.05, 0) is 49.2 Å². The van der Waals surface area contributed by atoms with Crippen LogP contribution in [0.15, 0.2) is 48.7 Å². The summed E-state index contributed by atoms with van der Waals surface area (Å²) in [7, 11) is 0. The first-order valence-electron chi connectivity index (χ1n) is 10.1. The number of hydrogen-bond acceptors (Lipinski definition) is 5. The van der Waals surface area contributed by atoms with E-state index in [0.29, 0.717) is 18.2 Å². The van der Waals surface area contributed by atoms with Gasteiger partial charge in [0.1, 0.15) is 11.6 Å². The van der Waals surface area contributed by atoms with Gasteiger partial charge in [0, 0.05) is 57.1 Å². The number of benzene rings is 1. The lowest BCUT2D eigenvalue weighted by Gasteiger charge is -2.43. The Morgan fingerprint density at radius 1 is 0.964 bits per heavy atom. The molecule has 0 bridgehead atoms. The van der Waals surface area contributed by atoms with E-state index in [2.05, 4.69) is 25.8 Å². The summed E-state index contributed by atoms with van der Waals surface area (Å²) in [6.07, 6.45) is 4.05. The quantitative estimate of drug-likeness (QED) is 0.744. The van der Waals surface area contributed by atoms with Gasteiger partial charge in [-0.1, -0.05) is 6.07 Å². The molecule has 0 aliphatic carbocycles. The number of rotatable bonds is 5. The Balaban J connectivity index is 1.22. The Hall–Kier alpha value is -2.31. The molecule has 2 aliphatic heterocycles. The average Bonchev–Trinajstić information content (AvgIpc) is 2.75. The van der Waals surface area contributed by atoms with Crippen LogP contribution in [0.5, 0.6) is 0 Å². The zero-order valence-corrected chi connectivity index (χ0v) is 16.1. The number of piperidine rings is 1. The van der Waals surface area contributed by atoms with E-state index in [1.165, 1.54) is 12.1 Å². The maximum Gasteiger partial charge on any atom is 0.176 e. The molecule has 1 aromatic carbocycles. The van der Waals surface area contributed by atoms with Crippen LogP contribution in [-0.4, -0.2) is 72.4 Å². The van der Waals surface area contributed by atoms with Crippen molar-refractivity contribution in [1.29, 1.82) is 0 Å². The Labute approximate surface area is 165 Å². The fourth-order valence-electron chi connectivity index (χ4n) is 4.23. The Morgan fingerprint density at radius 3 is 2.32 bits per heavy atom. The van der Waals surface area contributed by atoms with Gasteiger partial charge in [-0.25, -0.2) is 9.37 Å². The van der Waals surface area contributed by atoms with E-state index in [9.17, 15) is 9.18 Å². The lowest BCUT2D eigenvalue weighted by molar-refractivity contribution is 0.0809. The number of hydrogen-bond donors (Lipinski definition) is 0. The van der Waals surface area contributed by atoms with E-state index in [0.717, 1.165) is 57.9 Å². The molecule has 148 valence electrons. The minimum Gasteiger partial charge on any atom is -0.354 e. The topological polar surface area (TPSA) is 39.7 Å². The number of carbonyl (C=O) groups excluding carboxylic acids is 1. The largest absolute Gasteiger partial charge is 0.354 e. The lowest BCUT2D eigenvalue weighted by atomic mass is 10.0. The first kappa shape index (κ1) is 19.0. The van der Waals surface area contributed by atoms with Gasteiger partial charge in [-0.2, -0.15) is 0 Å². The summed E-state index contributed by atoms with van der Waals surface area (Å²) in [5.41, 5.74) is 0.592. The van der Waals surface area contributed by atoms with Gasteiger partial charge in [0.2, 0.25) is 0 Å². The highest BCUT2D eigenvalue weighted by molar-refractivity contribution is 5.97. The van der Waals surface area contributed by atoms with Gasteiger partial charge in [0.25, 0.3) is 0 Å². The van der Waals surface area contributed by atoms with Crippen LogP contribution in [0.1, 0.15) is 23.2 Å². The maximum atomic E-state index is 13.0. The summed E-state index contributed by atoms with van der Waals surface area (Å²) in [4.78, 5) is 24.0. The Bertz CT molecular complexity index is 767. The van der Waals surface area contributed by atoms with E-state index in [1.54, 1.807) is 12.1 Å². The van der Waals surface area contributed by atoms with Crippen molar-refractivity contribution in [3.05, 3.63) is 60.0 Å². The Morgan fingerprint density at radius 2 is 1.68 bits per heavy atom. The average molecular weight is 382 g/mol. The molecule has 0 saturated carbocycles. The molecule has 4 rings (SSSR count). The van der Waals surface area contributed by atoms with Crippen molar-refractivity contribution in [2.45, 2.75) is 18.9 Å². The van der Waals surface area contributed by atoms with E-state index in [4.69, 9.17) is 0 Å². The first-order valence-corrected chi connectivity index (χ1v) is 10.1. The predicted molar refractivity (Wildman–Crippen MR) is 108 cm³/mol. The normalized spacial score (nSPS) is 19.7. The Kier molecular flexibility index (Phi) is 5.98. The molecule has 3 heterocycles. The molecule has 0 N–H and O–H groups in total. The maximum absolute atomic E-state index is 13.0. The highest BCUT2D eigenvalue weighted by atomic mass is 19.1. The summed E-state index contributed by atoms with van der Waals surface area (Å²) >= 11 is 0. The molecule has 0 radical (unpaired) electrons. The number of carbonyl (C=O) groups is 1. The van der Waals surface area contributed by atoms with Crippen molar-refractivity contribution >= 4 is 11.6 Å². The molecule has 0 unspecified atom stereocenters. The van der Waals surface area contributed by atoms with Crippen molar-refractivity contribution in [2.24, 2.45) is 0 Å². The monoisotopic (exact) mass is 382 g/mol. The SMILES string of the molecule is O=C(CN1CCC(N2CCN(c3ccccn3)CC2)CC1)c1ccc(F)cc1. The standard InChI is InChI=1S/C22H27FN4O/c23-19-6-4-18(5-7-19)21(28)17-25-11-8-20(9-12-25)26-13-15-27(16-14-26)22-3-1-2-10-24-22/h1-7,10,20H,8-9,11-17H2. The third-order valence-electron chi connectivity index (χ3n) is 5.89. The number of pyridine rings is 1. The molecule has 0 atom stereocenters. The summed E-state index contributed by atoms with van der Waals surface area (Å²) in [5.74, 6) is 0.833. The fourth-order valence-corrected chi connectivity index (χ4v) is 4.23. The summed E-state index contributed by atoms with van der Waals surface area (Å²) in [6.45, 7) is 6.47. The number of anilines is 1. The number of Topliss-reactive ketones (excluding diaryl/α,β-unsaturated/α-hetero) is 1. The predicted octanol–water partition coefficient (Wildman–Crippen LogP) is 2.69. The van der Waals surface area contributed by atoms with E-state index >= 15 is 0 Å². The lowest BCUT2D eigenvalue weighted by Crippen LogP contribution is -2.53. The second-order valence-electron chi connectivity index (χ2n) is 7.65. The number of nitrogens with zero attached hydrogens (tertiary/aromatic N) is 4. The minimum absolute atomic E-state index is 0.0717. The number of likely N-dealkylation sites (tertiary alicyclic amines) is 1. The molecule has 28 heavy (non-hydrogen) atoms. The second-order valence-corrected chi connectivity index (χ2v) is 7.65. The summed E-state index contributed by atoms with van der Waals surface area (Å²) < 4.78 is 13.0. The zero-order valence-electron chi connectivity index (χ0n) is 16.1. The van der Waals surface area contributed by atoms with Crippen LogP contribution in [0.4, 0.5) is 10.2 Å². The number of ketones is 1. The molecule has 0 amide bonds. The molecule has 2 saturated heterocycles. The van der Waals surface area contributed by atoms with Crippen LogP contribution in [-0.2, 0) is 0 Å². The number of halogens is 1. The van der Waals surface area contributed by atoms with E-state index < -0.39 is 0 Å². The molecule has 6 heteroatoms. The van der Waals surface area contributed by atoms with Gasteiger partial charge in [-0.3, -0.25) is 14.6 Å². The molecule has 1 aromatic heterocycles. The molecule has 2 aliphatic rings. The zero-order chi connectivity index (χ0) is 19.3. The van der Waals surface area contributed by atoms with Crippen LogP contribution in [0.3, 0.4) is 0 Å². The summed E-state index contributed by atoms with van der Waals surface area (Å²) in [5, 5.41) is 0. The van der Waals surface area contributed by atoms with Crippen LogP contribution >= 0.6 is 0 Å². The van der Waals surface area contributed by atoms with E-state index in [-0.39, 0.29) is 11.6 Å². The van der Waals surface area contributed by atoms with Gasteiger partial charge >= 0.3 is 0 Å². The van der Waals surface area contributed by atoms with Crippen molar-refractivity contribution in [3.8, 4) is 0 Å². The summed E-state index contributed by atoms with van der Waals surface area (Å²) in [6, 6.07) is 12.5. The number of piperazine rings is 1. The molecule has 0 spiro atoms. The molecular formula is C22H27FN4O. The van der Waals surface area contributed by atoms with Crippen molar-refractivity contribution in [2.75, 3.05) is 50.7 Å². The highest BCUT2D eigenvalue weighted by Crippen LogP contribution is 2.20. The van der Waals surface area contributed by atoms with Gasteiger partial charge in [-0.15, -0.1) is 0 Å². The smallest absolute Gasteiger partial charge is 0.176 e. The van der Waals surface area contributed by atoms with Crippen LogP contribution in [0, 0.1) is 5.82 Å². The van der Waals surface area contributed by atoms with Crippen LogP contribution < -0.4 is 4.90 Å². The van der Waals surface area contributed by atoms with Crippen molar-refractivity contribution < 1.29 is 9.18 Å². The third-order valence-corrected chi connectivity index (χ3v) is 5.89. The second kappa shape index (κ2) is 8.80. The first-order chi connectivity index (χ1) is 13.7. The van der Waals surface area contributed by atoms with Gasteiger partial charge in [0.05, 0.1) is 6.54 Å². The third kappa shape index (κ3) is 4.56.